The van der Waals surface area contributed by atoms with Gasteiger partial charge in [-0.1, -0.05) is 51.8 Å². The fourth-order valence-corrected chi connectivity index (χ4v) is 5.35. The Bertz CT molecular complexity index is 1430. The maximum atomic E-state index is 13.5. The molecular formula is C26H25BrN4O3S. The van der Waals surface area contributed by atoms with Crippen LogP contribution < -0.4 is 9.62 Å². The number of nitrogens with one attached hydrogen (secondary N) is 1. The van der Waals surface area contributed by atoms with Gasteiger partial charge < -0.3 is 9.88 Å². The van der Waals surface area contributed by atoms with Gasteiger partial charge in [-0.25, -0.2) is 13.4 Å². The van der Waals surface area contributed by atoms with Crippen molar-refractivity contribution in [3.05, 3.63) is 107 Å². The maximum absolute atomic E-state index is 13.5. The monoisotopic (exact) mass is 552 g/mol. The van der Waals surface area contributed by atoms with Gasteiger partial charge in [0.15, 0.2) is 0 Å². The predicted octanol–water partition coefficient (Wildman–Crippen LogP) is 4.76. The Morgan fingerprint density at radius 2 is 1.69 bits per heavy atom. The minimum atomic E-state index is -3.97. The molecule has 0 saturated carbocycles. The van der Waals surface area contributed by atoms with Crippen LogP contribution in [0.4, 0.5) is 5.69 Å². The summed E-state index contributed by atoms with van der Waals surface area (Å²) in [5, 5.41) is 2.88. The number of carbonyl (C=O) groups is 1. The fourth-order valence-electron chi connectivity index (χ4n) is 3.67. The Labute approximate surface area is 213 Å². The van der Waals surface area contributed by atoms with Crippen molar-refractivity contribution in [3.63, 3.8) is 0 Å². The molecule has 9 heteroatoms. The number of halogens is 1. The van der Waals surface area contributed by atoms with Crippen LogP contribution in [0.1, 0.15) is 17.0 Å². The smallest absolute Gasteiger partial charge is 0.264 e. The van der Waals surface area contributed by atoms with E-state index in [1.54, 1.807) is 54.7 Å². The topological polar surface area (TPSA) is 84.3 Å². The zero-order valence-corrected chi connectivity index (χ0v) is 21.8. The van der Waals surface area contributed by atoms with E-state index in [0.717, 1.165) is 31.4 Å². The van der Waals surface area contributed by atoms with Gasteiger partial charge in [0, 0.05) is 23.4 Å². The third kappa shape index (κ3) is 5.63. The molecule has 0 atom stereocenters. The highest BCUT2D eigenvalue weighted by Crippen LogP contribution is 2.25. The molecular weight excluding hydrogens is 528 g/mol. The summed E-state index contributed by atoms with van der Waals surface area (Å²) in [6.07, 6.45) is 3.58. The van der Waals surface area contributed by atoms with Crippen molar-refractivity contribution in [2.45, 2.75) is 25.3 Å². The number of amides is 1. The SMILES string of the molecule is Cc1ccc(S(=O)(=O)N(CC(=O)NCc2ccccc2-n2ccnc2C)c2ccc(Br)cc2)cc1. The van der Waals surface area contributed by atoms with Crippen molar-refractivity contribution in [2.24, 2.45) is 0 Å². The molecule has 0 spiro atoms. The fraction of sp³-hybridized carbons (Fsp3) is 0.154. The zero-order valence-electron chi connectivity index (χ0n) is 19.3. The molecule has 1 N–H and O–H groups in total. The molecule has 35 heavy (non-hydrogen) atoms. The van der Waals surface area contributed by atoms with Crippen LogP contribution in [0.5, 0.6) is 0 Å². The van der Waals surface area contributed by atoms with Crippen LogP contribution in [0.25, 0.3) is 5.69 Å². The van der Waals surface area contributed by atoms with E-state index in [1.807, 2.05) is 48.9 Å². The number of aromatic nitrogens is 2. The second-order valence-electron chi connectivity index (χ2n) is 8.05. The molecule has 4 rings (SSSR count). The molecule has 1 aromatic heterocycles. The van der Waals surface area contributed by atoms with Gasteiger partial charge in [-0.3, -0.25) is 9.10 Å². The van der Waals surface area contributed by atoms with Gasteiger partial charge in [-0.2, -0.15) is 0 Å². The second-order valence-corrected chi connectivity index (χ2v) is 10.8. The van der Waals surface area contributed by atoms with Crippen LogP contribution in [0.2, 0.25) is 0 Å². The van der Waals surface area contributed by atoms with Crippen molar-refractivity contribution in [1.29, 1.82) is 0 Å². The molecule has 1 heterocycles. The summed E-state index contributed by atoms with van der Waals surface area (Å²) >= 11 is 3.37. The average Bonchev–Trinajstić information content (AvgIpc) is 3.28. The van der Waals surface area contributed by atoms with E-state index in [0.29, 0.717) is 5.69 Å². The van der Waals surface area contributed by atoms with Gasteiger partial charge in [0.25, 0.3) is 10.0 Å². The summed E-state index contributed by atoms with van der Waals surface area (Å²) in [6, 6.07) is 21.1. The number of para-hydroxylation sites is 1. The normalized spacial score (nSPS) is 11.3. The summed E-state index contributed by atoms with van der Waals surface area (Å²) in [5.74, 6) is 0.412. The van der Waals surface area contributed by atoms with Crippen molar-refractivity contribution in [2.75, 3.05) is 10.8 Å². The molecule has 1 amide bonds. The summed E-state index contributed by atoms with van der Waals surface area (Å²) < 4.78 is 30.9. The number of benzene rings is 3. The first-order valence-corrected chi connectivity index (χ1v) is 13.2. The molecule has 0 aliphatic carbocycles. The molecule has 0 unspecified atom stereocenters. The van der Waals surface area contributed by atoms with Crippen LogP contribution >= 0.6 is 15.9 Å². The third-order valence-corrected chi connectivity index (χ3v) is 7.88. The van der Waals surface area contributed by atoms with E-state index < -0.39 is 15.9 Å². The summed E-state index contributed by atoms with van der Waals surface area (Å²) in [5.41, 5.74) is 3.14. The highest BCUT2D eigenvalue weighted by Gasteiger charge is 2.27. The second kappa shape index (κ2) is 10.5. The average molecular weight is 553 g/mol. The first-order chi connectivity index (χ1) is 16.8. The Morgan fingerprint density at radius 3 is 2.34 bits per heavy atom. The number of sulfonamides is 1. The summed E-state index contributed by atoms with van der Waals surface area (Å²) in [7, 11) is -3.97. The summed E-state index contributed by atoms with van der Waals surface area (Å²) in [4.78, 5) is 17.4. The number of nitrogens with zero attached hydrogens (tertiary/aromatic N) is 3. The number of imidazole rings is 1. The van der Waals surface area contributed by atoms with Gasteiger partial charge in [-0.05, 0) is 61.9 Å². The molecule has 7 nitrogen and oxygen atoms in total. The number of hydrogen-bond acceptors (Lipinski definition) is 4. The van der Waals surface area contributed by atoms with Crippen LogP contribution in [0.3, 0.4) is 0 Å². The first kappa shape index (κ1) is 24.7. The Kier molecular flexibility index (Phi) is 7.37. The predicted molar refractivity (Wildman–Crippen MR) is 140 cm³/mol. The van der Waals surface area contributed by atoms with Gasteiger partial charge in [0.1, 0.15) is 12.4 Å². The molecule has 180 valence electrons. The number of anilines is 1. The molecule has 0 radical (unpaired) electrons. The van der Waals surface area contributed by atoms with Crippen LogP contribution in [0, 0.1) is 13.8 Å². The zero-order chi connectivity index (χ0) is 25.0. The Balaban J connectivity index is 1.58. The quantitative estimate of drug-likeness (QED) is 0.341. The molecule has 3 aromatic carbocycles. The van der Waals surface area contributed by atoms with Gasteiger partial charge >= 0.3 is 0 Å². The standard InChI is InChI=1S/C26H25BrN4O3S/c1-19-7-13-24(14-8-19)35(33,34)31(23-11-9-22(27)10-12-23)18-26(32)29-17-21-5-3-4-6-25(21)30-16-15-28-20(30)2/h3-16H,17-18H2,1-2H3,(H,29,32). The van der Waals surface area contributed by atoms with Gasteiger partial charge in [0.2, 0.25) is 5.91 Å². The highest BCUT2D eigenvalue weighted by atomic mass is 79.9. The molecule has 0 aliphatic heterocycles. The van der Waals surface area contributed by atoms with Gasteiger partial charge in [0.05, 0.1) is 16.3 Å². The number of rotatable bonds is 8. The van der Waals surface area contributed by atoms with E-state index in [-0.39, 0.29) is 18.0 Å². The molecule has 0 saturated heterocycles. The van der Waals surface area contributed by atoms with Crippen LogP contribution in [-0.2, 0) is 21.4 Å². The lowest BCUT2D eigenvalue weighted by Crippen LogP contribution is -2.40. The highest BCUT2D eigenvalue weighted by molar-refractivity contribution is 9.10. The van der Waals surface area contributed by atoms with E-state index >= 15 is 0 Å². The van der Waals surface area contributed by atoms with Crippen molar-refractivity contribution in [3.8, 4) is 5.69 Å². The lowest BCUT2D eigenvalue weighted by Gasteiger charge is -2.24. The minimum absolute atomic E-state index is 0.125. The van der Waals surface area contributed by atoms with E-state index in [9.17, 15) is 13.2 Å². The van der Waals surface area contributed by atoms with Crippen molar-refractivity contribution >= 4 is 37.5 Å². The van der Waals surface area contributed by atoms with E-state index in [1.165, 1.54) is 0 Å². The van der Waals surface area contributed by atoms with Gasteiger partial charge in [-0.15, -0.1) is 0 Å². The Morgan fingerprint density at radius 1 is 1.00 bits per heavy atom. The maximum Gasteiger partial charge on any atom is 0.264 e. The minimum Gasteiger partial charge on any atom is -0.350 e. The number of hydrogen-bond donors (Lipinski definition) is 1. The van der Waals surface area contributed by atoms with E-state index in [4.69, 9.17) is 0 Å². The molecule has 0 aliphatic rings. The lowest BCUT2D eigenvalue weighted by atomic mass is 10.1. The number of aryl methyl sites for hydroxylation is 2. The number of carbonyl (C=O) groups excluding carboxylic acids is 1. The lowest BCUT2D eigenvalue weighted by molar-refractivity contribution is -0.119. The van der Waals surface area contributed by atoms with Crippen LogP contribution in [0.15, 0.2) is 94.6 Å². The third-order valence-electron chi connectivity index (χ3n) is 5.56. The molecule has 0 fully saturated rings. The first-order valence-electron chi connectivity index (χ1n) is 11.0. The molecule has 4 aromatic rings. The summed E-state index contributed by atoms with van der Waals surface area (Å²) in [6.45, 7) is 3.68. The van der Waals surface area contributed by atoms with Crippen molar-refractivity contribution in [1.82, 2.24) is 14.9 Å². The van der Waals surface area contributed by atoms with Crippen molar-refractivity contribution < 1.29 is 13.2 Å². The Hall–Kier alpha value is -3.43. The molecule has 0 bridgehead atoms. The van der Waals surface area contributed by atoms with E-state index in [2.05, 4.69) is 26.2 Å². The van der Waals surface area contributed by atoms with Crippen LogP contribution in [-0.4, -0.2) is 30.4 Å². The largest absolute Gasteiger partial charge is 0.350 e.